The van der Waals surface area contributed by atoms with Gasteiger partial charge in [0.25, 0.3) is 0 Å². The van der Waals surface area contributed by atoms with Gasteiger partial charge in [0.15, 0.2) is 0 Å². The maximum atomic E-state index is 12.9. The second-order valence-electron chi connectivity index (χ2n) is 6.91. The van der Waals surface area contributed by atoms with Crippen LogP contribution in [-0.2, 0) is 16.1 Å². The molecule has 0 saturated carbocycles. The molecule has 1 spiro atoms. The van der Waals surface area contributed by atoms with Crippen LogP contribution in [-0.4, -0.2) is 62.7 Å². The summed E-state index contributed by atoms with van der Waals surface area (Å²) in [6.45, 7) is 4.13. The van der Waals surface area contributed by atoms with Gasteiger partial charge in [-0.1, -0.05) is 0 Å². The number of amides is 1. The molecule has 0 unspecified atom stereocenters. The van der Waals surface area contributed by atoms with Gasteiger partial charge in [-0.2, -0.15) is 0 Å². The summed E-state index contributed by atoms with van der Waals surface area (Å²) in [5.74, 6) is 1.05. The Morgan fingerprint density at radius 2 is 2.08 bits per heavy atom. The molecule has 1 aromatic rings. The summed E-state index contributed by atoms with van der Waals surface area (Å²) < 4.78 is 15.5. The Bertz CT molecular complexity index is 674. The van der Waals surface area contributed by atoms with E-state index in [2.05, 4.69) is 4.90 Å². The molecule has 1 amide bonds. The van der Waals surface area contributed by atoms with Crippen LogP contribution < -0.4 is 10.2 Å². The Labute approximate surface area is 147 Å². The molecule has 7 nitrogen and oxygen atoms in total. The van der Waals surface area contributed by atoms with Crippen molar-refractivity contribution in [3.63, 3.8) is 0 Å². The fraction of sp³-hybridized carbons (Fsp3) is 0.667. The van der Waals surface area contributed by atoms with E-state index in [-0.39, 0.29) is 22.5 Å². The van der Waals surface area contributed by atoms with Gasteiger partial charge < -0.3 is 18.8 Å². The number of piperidine rings is 1. The lowest BCUT2D eigenvalue weighted by atomic mass is 9.78. The zero-order valence-corrected chi connectivity index (χ0v) is 15.0. The maximum Gasteiger partial charge on any atom is 0.230 e. The molecule has 2 fully saturated rings. The molecule has 2 aliphatic rings. The molecule has 0 aromatic carbocycles. The minimum absolute atomic E-state index is 0.183. The van der Waals surface area contributed by atoms with Gasteiger partial charge in [0.2, 0.25) is 17.1 Å². The first-order chi connectivity index (χ1) is 12.1. The van der Waals surface area contributed by atoms with Crippen LogP contribution in [0.1, 0.15) is 25.0 Å². The van der Waals surface area contributed by atoms with Crippen molar-refractivity contribution < 1.29 is 18.7 Å². The molecule has 0 aliphatic carbocycles. The normalized spacial score (nSPS) is 24.2. The fourth-order valence-corrected chi connectivity index (χ4v) is 3.93. The second kappa shape index (κ2) is 7.58. The molecule has 2 aliphatic heterocycles. The summed E-state index contributed by atoms with van der Waals surface area (Å²) in [6.07, 6.45) is 4.16. The van der Waals surface area contributed by atoms with Crippen molar-refractivity contribution in [3.8, 4) is 5.75 Å². The smallest absolute Gasteiger partial charge is 0.230 e. The number of rotatable bonds is 6. The van der Waals surface area contributed by atoms with Crippen molar-refractivity contribution in [2.75, 3.05) is 47.0 Å². The molecule has 1 atom stereocenters. The summed E-state index contributed by atoms with van der Waals surface area (Å²) in [6, 6.07) is 1.47. The van der Waals surface area contributed by atoms with Crippen LogP contribution in [0.4, 0.5) is 0 Å². The molecule has 0 N–H and O–H groups in total. The zero-order valence-electron chi connectivity index (χ0n) is 15.0. The monoisotopic (exact) mass is 350 g/mol. The third kappa shape index (κ3) is 3.72. The fourth-order valence-electron chi connectivity index (χ4n) is 3.93. The number of hydrogen-bond acceptors (Lipinski definition) is 6. The van der Waals surface area contributed by atoms with Crippen molar-refractivity contribution in [1.82, 2.24) is 9.80 Å². The number of carbonyl (C=O) groups excluding carboxylic acids is 1. The second-order valence-corrected chi connectivity index (χ2v) is 6.91. The van der Waals surface area contributed by atoms with Crippen molar-refractivity contribution in [1.29, 1.82) is 0 Å². The average molecular weight is 350 g/mol. The van der Waals surface area contributed by atoms with Gasteiger partial charge in [-0.25, -0.2) is 0 Å². The van der Waals surface area contributed by atoms with Crippen molar-refractivity contribution in [2.24, 2.45) is 5.41 Å². The Morgan fingerprint density at radius 3 is 2.80 bits per heavy atom. The van der Waals surface area contributed by atoms with E-state index in [4.69, 9.17) is 13.9 Å². The number of likely N-dealkylation sites (tertiary alicyclic amines) is 2. The number of methoxy groups -OCH3 is 2. The van der Waals surface area contributed by atoms with Crippen molar-refractivity contribution >= 4 is 5.91 Å². The van der Waals surface area contributed by atoms with E-state index in [0.29, 0.717) is 32.0 Å². The van der Waals surface area contributed by atoms with Crippen LogP contribution >= 0.6 is 0 Å². The molecule has 3 heterocycles. The predicted octanol–water partition coefficient (Wildman–Crippen LogP) is 1.11. The van der Waals surface area contributed by atoms with Gasteiger partial charge in [0.05, 0.1) is 25.7 Å². The lowest BCUT2D eigenvalue weighted by Crippen LogP contribution is -2.50. The van der Waals surface area contributed by atoms with E-state index in [0.717, 1.165) is 32.4 Å². The Hall–Kier alpha value is -1.86. The number of carbonyl (C=O) groups is 1. The lowest BCUT2D eigenvalue weighted by molar-refractivity contribution is -0.146. The molecule has 3 rings (SSSR count). The molecule has 138 valence electrons. The van der Waals surface area contributed by atoms with E-state index in [1.807, 2.05) is 4.90 Å². The van der Waals surface area contributed by atoms with Crippen molar-refractivity contribution in [3.05, 3.63) is 28.3 Å². The van der Waals surface area contributed by atoms with Gasteiger partial charge in [-0.15, -0.1) is 0 Å². The molecule has 7 heteroatoms. The standard InChI is InChI=1S/C18H26N2O5/c1-23-9-8-20-6-3-4-18(17(20)22)5-7-19(13-18)11-14-10-15(21)16(24-2)12-25-14/h10,12H,3-9,11,13H2,1-2H3/t18-/m0/s1. The quantitative estimate of drug-likeness (QED) is 0.765. The highest BCUT2D eigenvalue weighted by Crippen LogP contribution is 2.40. The third-order valence-corrected chi connectivity index (χ3v) is 5.27. The van der Waals surface area contributed by atoms with E-state index >= 15 is 0 Å². The SMILES string of the molecule is COCCN1CCC[C@@]2(CCN(Cc3cc(=O)c(OC)co3)C2)C1=O. The molecule has 2 saturated heterocycles. The average Bonchev–Trinajstić information content (AvgIpc) is 3.00. The molecular weight excluding hydrogens is 324 g/mol. The van der Waals surface area contributed by atoms with Crippen LogP contribution in [0, 0.1) is 5.41 Å². The molecule has 25 heavy (non-hydrogen) atoms. The highest BCUT2D eigenvalue weighted by atomic mass is 16.5. The Kier molecular flexibility index (Phi) is 5.44. The van der Waals surface area contributed by atoms with Gasteiger partial charge in [-0.05, 0) is 25.8 Å². The first-order valence-electron chi connectivity index (χ1n) is 8.74. The summed E-state index contributed by atoms with van der Waals surface area (Å²) in [7, 11) is 3.10. The van der Waals surface area contributed by atoms with Crippen LogP contribution in [0.15, 0.2) is 21.5 Å². The van der Waals surface area contributed by atoms with Crippen LogP contribution in [0.25, 0.3) is 0 Å². The molecule has 0 radical (unpaired) electrons. The summed E-state index contributed by atoms with van der Waals surface area (Å²) in [4.78, 5) is 28.9. The minimum atomic E-state index is -0.293. The summed E-state index contributed by atoms with van der Waals surface area (Å²) in [5, 5.41) is 0. The lowest BCUT2D eigenvalue weighted by Gasteiger charge is -2.39. The topological polar surface area (TPSA) is 72.2 Å². The van der Waals surface area contributed by atoms with Crippen LogP contribution in [0.2, 0.25) is 0 Å². The minimum Gasteiger partial charge on any atom is -0.490 e. The maximum absolute atomic E-state index is 12.9. The first-order valence-corrected chi connectivity index (χ1v) is 8.74. The largest absolute Gasteiger partial charge is 0.490 e. The molecular formula is C18H26N2O5. The van der Waals surface area contributed by atoms with Gasteiger partial charge in [-0.3, -0.25) is 14.5 Å². The van der Waals surface area contributed by atoms with E-state index in [1.165, 1.54) is 19.4 Å². The highest BCUT2D eigenvalue weighted by molar-refractivity contribution is 5.84. The van der Waals surface area contributed by atoms with Gasteiger partial charge in [0, 0.05) is 32.8 Å². The molecule has 0 bridgehead atoms. The van der Waals surface area contributed by atoms with E-state index in [9.17, 15) is 9.59 Å². The first kappa shape index (κ1) is 17.9. The van der Waals surface area contributed by atoms with Crippen LogP contribution in [0.5, 0.6) is 5.75 Å². The number of hydrogen-bond donors (Lipinski definition) is 0. The summed E-state index contributed by atoms with van der Waals surface area (Å²) >= 11 is 0. The van der Waals surface area contributed by atoms with Crippen molar-refractivity contribution in [2.45, 2.75) is 25.8 Å². The zero-order chi connectivity index (χ0) is 17.9. The van der Waals surface area contributed by atoms with E-state index < -0.39 is 0 Å². The van der Waals surface area contributed by atoms with Gasteiger partial charge >= 0.3 is 0 Å². The number of ether oxygens (including phenoxy) is 2. The Morgan fingerprint density at radius 1 is 1.24 bits per heavy atom. The van der Waals surface area contributed by atoms with E-state index in [1.54, 1.807) is 7.11 Å². The highest BCUT2D eigenvalue weighted by Gasteiger charge is 2.48. The predicted molar refractivity (Wildman–Crippen MR) is 91.5 cm³/mol. The molecule has 1 aromatic heterocycles. The third-order valence-electron chi connectivity index (χ3n) is 5.27. The Balaban J connectivity index is 1.65. The summed E-state index contributed by atoms with van der Waals surface area (Å²) in [5.41, 5.74) is -0.476. The number of nitrogens with zero attached hydrogens (tertiary/aromatic N) is 2. The van der Waals surface area contributed by atoms with Gasteiger partial charge in [0.1, 0.15) is 12.0 Å². The van der Waals surface area contributed by atoms with Crippen LogP contribution in [0.3, 0.4) is 0 Å².